The number of ether oxygens (including phenoxy) is 1. The summed E-state index contributed by atoms with van der Waals surface area (Å²) in [6.45, 7) is 0. The number of carbonyl (C=O) groups is 1. The Morgan fingerprint density at radius 1 is 1.33 bits per heavy atom. The van der Waals surface area contributed by atoms with E-state index in [2.05, 4.69) is 4.74 Å². The van der Waals surface area contributed by atoms with Gasteiger partial charge in [0.2, 0.25) is 5.75 Å². The normalized spacial score (nSPS) is 9.33. The molecule has 0 aromatic heterocycles. The summed E-state index contributed by atoms with van der Waals surface area (Å²) in [4.78, 5) is 10.0. The number of benzene rings is 1. The molecule has 0 fully saturated rings. The van der Waals surface area contributed by atoms with E-state index in [4.69, 9.17) is 15.3 Å². The zero-order valence-corrected chi connectivity index (χ0v) is 5.89. The summed E-state index contributed by atoms with van der Waals surface area (Å²) in [6.07, 6.45) is -1.55. The Bertz CT molecular complexity index is 307. The van der Waals surface area contributed by atoms with E-state index >= 15 is 0 Å². The molecule has 5 nitrogen and oxygen atoms in total. The van der Waals surface area contributed by atoms with E-state index < -0.39 is 17.7 Å². The van der Waals surface area contributed by atoms with Gasteiger partial charge in [0, 0.05) is 0 Å². The molecule has 0 saturated carbocycles. The van der Waals surface area contributed by atoms with Crippen molar-refractivity contribution in [2.24, 2.45) is 0 Å². The summed E-state index contributed by atoms with van der Waals surface area (Å²) in [5.74, 6) is -1.30. The predicted octanol–water partition coefficient (Wildman–Crippen LogP) is 1.15. The Morgan fingerprint density at radius 3 is 2.58 bits per heavy atom. The van der Waals surface area contributed by atoms with E-state index in [1.165, 1.54) is 18.2 Å². The molecule has 1 rings (SSSR count). The lowest BCUT2D eigenvalue weighted by Crippen LogP contribution is -2.02. The molecule has 0 aliphatic carbocycles. The third-order valence-corrected chi connectivity index (χ3v) is 1.17. The van der Waals surface area contributed by atoms with Crippen molar-refractivity contribution in [3.8, 4) is 17.2 Å². The van der Waals surface area contributed by atoms with E-state index in [0.717, 1.165) is 0 Å². The van der Waals surface area contributed by atoms with Crippen molar-refractivity contribution < 1.29 is 24.9 Å². The monoisotopic (exact) mass is 170 g/mol. The second-order valence-electron chi connectivity index (χ2n) is 1.99. The third-order valence-electron chi connectivity index (χ3n) is 1.17. The summed E-state index contributed by atoms with van der Waals surface area (Å²) < 4.78 is 4.13. The van der Waals surface area contributed by atoms with Crippen LogP contribution in [0.15, 0.2) is 18.2 Å². The SMILES string of the molecule is O=C(O)Oc1cccc(O)c1O. The molecule has 0 atom stereocenters. The molecule has 0 aliphatic heterocycles. The van der Waals surface area contributed by atoms with Crippen molar-refractivity contribution in [3.63, 3.8) is 0 Å². The first-order valence-electron chi connectivity index (χ1n) is 3.03. The number of phenolic OH excluding ortho intramolecular Hbond substituents is 2. The van der Waals surface area contributed by atoms with Crippen molar-refractivity contribution in [2.45, 2.75) is 0 Å². The molecule has 12 heavy (non-hydrogen) atoms. The first kappa shape index (κ1) is 8.19. The molecule has 0 aliphatic rings. The van der Waals surface area contributed by atoms with Crippen LogP contribution in [0.2, 0.25) is 0 Å². The van der Waals surface area contributed by atoms with Crippen LogP contribution in [0.3, 0.4) is 0 Å². The molecule has 1 aromatic rings. The smallest absolute Gasteiger partial charge is 0.504 e. The van der Waals surface area contributed by atoms with Crippen molar-refractivity contribution in [3.05, 3.63) is 18.2 Å². The van der Waals surface area contributed by atoms with Gasteiger partial charge in [-0.3, -0.25) is 0 Å². The molecule has 0 spiro atoms. The third kappa shape index (κ3) is 1.57. The van der Waals surface area contributed by atoms with Crippen LogP contribution in [0, 0.1) is 0 Å². The van der Waals surface area contributed by atoms with Gasteiger partial charge >= 0.3 is 6.16 Å². The summed E-state index contributed by atoms with van der Waals surface area (Å²) >= 11 is 0. The Morgan fingerprint density at radius 2 is 2.00 bits per heavy atom. The topological polar surface area (TPSA) is 87.0 Å². The first-order chi connectivity index (χ1) is 5.61. The maximum Gasteiger partial charge on any atom is 0.511 e. The van der Waals surface area contributed by atoms with Crippen molar-refractivity contribution in [2.75, 3.05) is 0 Å². The first-order valence-corrected chi connectivity index (χ1v) is 3.03. The number of hydrogen-bond acceptors (Lipinski definition) is 4. The molecule has 0 unspecified atom stereocenters. The quantitative estimate of drug-likeness (QED) is 0.334. The van der Waals surface area contributed by atoms with E-state index in [-0.39, 0.29) is 5.75 Å². The average molecular weight is 170 g/mol. The molecular weight excluding hydrogens is 164 g/mol. The van der Waals surface area contributed by atoms with Gasteiger partial charge < -0.3 is 20.1 Å². The average Bonchev–Trinajstić information content (AvgIpc) is 1.98. The molecule has 64 valence electrons. The molecule has 5 heteroatoms. The van der Waals surface area contributed by atoms with Gasteiger partial charge in [-0.15, -0.1) is 0 Å². The molecule has 3 N–H and O–H groups in total. The highest BCUT2D eigenvalue weighted by Gasteiger charge is 2.09. The minimum absolute atomic E-state index is 0.289. The van der Waals surface area contributed by atoms with Crippen LogP contribution in [0.1, 0.15) is 0 Å². The number of phenols is 2. The van der Waals surface area contributed by atoms with E-state index in [9.17, 15) is 4.79 Å². The van der Waals surface area contributed by atoms with Gasteiger partial charge in [-0.05, 0) is 12.1 Å². The van der Waals surface area contributed by atoms with Gasteiger partial charge in [0.25, 0.3) is 0 Å². The van der Waals surface area contributed by atoms with Gasteiger partial charge in [0.15, 0.2) is 11.5 Å². The molecule has 0 heterocycles. The van der Waals surface area contributed by atoms with Crippen LogP contribution in [0.5, 0.6) is 17.2 Å². The van der Waals surface area contributed by atoms with Crippen LogP contribution in [-0.2, 0) is 0 Å². The Labute approximate surface area is 67.5 Å². The summed E-state index contributed by atoms with van der Waals surface area (Å²) in [6, 6.07) is 3.79. The number of carboxylic acid groups (broad SMARTS) is 1. The lowest BCUT2D eigenvalue weighted by atomic mass is 10.3. The molecule has 0 bridgehead atoms. The number of para-hydroxylation sites is 1. The second kappa shape index (κ2) is 3.00. The lowest BCUT2D eigenvalue weighted by molar-refractivity contribution is 0.142. The fourth-order valence-electron chi connectivity index (χ4n) is 0.687. The number of aromatic hydroxyl groups is 2. The second-order valence-corrected chi connectivity index (χ2v) is 1.99. The molecule has 0 radical (unpaired) electrons. The Kier molecular flexibility index (Phi) is 2.05. The minimum Gasteiger partial charge on any atom is -0.504 e. The van der Waals surface area contributed by atoms with Crippen molar-refractivity contribution in [1.29, 1.82) is 0 Å². The summed E-state index contributed by atoms with van der Waals surface area (Å²) in [7, 11) is 0. The molecule has 1 aromatic carbocycles. The van der Waals surface area contributed by atoms with Crippen LogP contribution in [-0.4, -0.2) is 21.5 Å². The Hall–Kier alpha value is -1.91. The van der Waals surface area contributed by atoms with Gasteiger partial charge in [0.05, 0.1) is 0 Å². The maximum atomic E-state index is 10.0. The lowest BCUT2D eigenvalue weighted by Gasteiger charge is -2.02. The molecule has 0 amide bonds. The summed E-state index contributed by atoms with van der Waals surface area (Å²) in [5.41, 5.74) is 0. The zero-order valence-electron chi connectivity index (χ0n) is 5.89. The van der Waals surface area contributed by atoms with Crippen LogP contribution >= 0.6 is 0 Å². The van der Waals surface area contributed by atoms with E-state index in [1.807, 2.05) is 0 Å². The van der Waals surface area contributed by atoms with Crippen molar-refractivity contribution in [1.82, 2.24) is 0 Å². The number of hydrogen-bond donors (Lipinski definition) is 3. The highest BCUT2D eigenvalue weighted by atomic mass is 16.7. The minimum atomic E-state index is -1.55. The van der Waals surface area contributed by atoms with Gasteiger partial charge in [-0.2, -0.15) is 0 Å². The predicted molar refractivity (Wildman–Crippen MR) is 38.4 cm³/mol. The van der Waals surface area contributed by atoms with Gasteiger partial charge in [-0.1, -0.05) is 6.07 Å². The fourth-order valence-corrected chi connectivity index (χ4v) is 0.687. The number of rotatable bonds is 1. The molecule has 0 saturated heterocycles. The highest BCUT2D eigenvalue weighted by molar-refractivity contribution is 5.64. The summed E-state index contributed by atoms with van der Waals surface area (Å²) in [5, 5.41) is 26.1. The van der Waals surface area contributed by atoms with Crippen LogP contribution in [0.25, 0.3) is 0 Å². The van der Waals surface area contributed by atoms with Crippen LogP contribution < -0.4 is 4.74 Å². The maximum absolute atomic E-state index is 10.0. The largest absolute Gasteiger partial charge is 0.511 e. The zero-order chi connectivity index (χ0) is 9.14. The van der Waals surface area contributed by atoms with E-state index in [0.29, 0.717) is 0 Å². The van der Waals surface area contributed by atoms with Gasteiger partial charge in [-0.25, -0.2) is 4.79 Å². The standard InChI is InChI=1S/C7H6O5/c8-4-2-1-3-5(6(4)9)12-7(10)11/h1-3,8-9H,(H,10,11). The Balaban J connectivity index is 3.00. The molecular formula is C7H6O5. The van der Waals surface area contributed by atoms with Crippen LogP contribution in [0.4, 0.5) is 4.79 Å². The van der Waals surface area contributed by atoms with Crippen molar-refractivity contribution >= 4 is 6.16 Å². The van der Waals surface area contributed by atoms with E-state index in [1.54, 1.807) is 0 Å². The fraction of sp³-hybridized carbons (Fsp3) is 0. The highest BCUT2D eigenvalue weighted by Crippen LogP contribution is 2.34. The van der Waals surface area contributed by atoms with Gasteiger partial charge in [0.1, 0.15) is 0 Å².